The fourth-order valence-electron chi connectivity index (χ4n) is 3.96. The van der Waals surface area contributed by atoms with E-state index in [0.29, 0.717) is 17.1 Å². The van der Waals surface area contributed by atoms with Gasteiger partial charge in [0.25, 0.3) is 5.56 Å². The molecule has 4 aromatic rings. The molecule has 0 spiro atoms. The number of hydrogen-bond donors (Lipinski definition) is 1. The lowest BCUT2D eigenvalue weighted by atomic mass is 9.88. The van der Waals surface area contributed by atoms with Crippen molar-refractivity contribution in [2.24, 2.45) is 14.1 Å². The summed E-state index contributed by atoms with van der Waals surface area (Å²) in [6, 6.07) is 21.3. The van der Waals surface area contributed by atoms with Gasteiger partial charge in [0.2, 0.25) is 0 Å². The number of benzene rings is 2. The van der Waals surface area contributed by atoms with Crippen molar-refractivity contribution in [3.05, 3.63) is 115 Å². The van der Waals surface area contributed by atoms with Crippen LogP contribution in [0.25, 0.3) is 5.70 Å². The molecule has 0 saturated heterocycles. The summed E-state index contributed by atoms with van der Waals surface area (Å²) in [6.07, 6.45) is 2.04. The molecule has 0 unspecified atom stereocenters. The minimum Gasteiger partial charge on any atom is -0.457 e. The number of aromatic nitrogens is 2. The Balaban J connectivity index is 1.67. The molecular weight excluding hydrogens is 422 g/mol. The van der Waals surface area contributed by atoms with Gasteiger partial charge in [-0.15, -0.1) is 11.3 Å². The van der Waals surface area contributed by atoms with Gasteiger partial charge in [-0.2, -0.15) is 0 Å². The van der Waals surface area contributed by atoms with Crippen LogP contribution < -0.4 is 21.3 Å². The van der Waals surface area contributed by atoms with E-state index in [1.807, 2.05) is 78.2 Å². The first-order valence-electron chi connectivity index (χ1n) is 10.2. The SMILES string of the molecule is Cn1c2c(c(=O)n(C)c1=O)[C@H](c1cccc(Oc3ccccc3)c1)C=C(c1cccs1)N2. The number of thiophene rings is 1. The van der Waals surface area contributed by atoms with Crippen LogP contribution in [-0.4, -0.2) is 9.13 Å². The Morgan fingerprint density at radius 1 is 0.906 bits per heavy atom. The summed E-state index contributed by atoms with van der Waals surface area (Å²) >= 11 is 1.60. The number of hydrogen-bond acceptors (Lipinski definition) is 5. The van der Waals surface area contributed by atoms with E-state index in [1.165, 1.54) is 11.6 Å². The molecule has 1 N–H and O–H groups in total. The molecule has 0 radical (unpaired) electrons. The summed E-state index contributed by atoms with van der Waals surface area (Å²) in [7, 11) is 3.19. The van der Waals surface area contributed by atoms with E-state index in [2.05, 4.69) is 5.32 Å². The number of allylic oxidation sites excluding steroid dienone is 1. The van der Waals surface area contributed by atoms with Gasteiger partial charge < -0.3 is 10.1 Å². The van der Waals surface area contributed by atoms with Crippen LogP contribution in [0.15, 0.2) is 87.8 Å². The van der Waals surface area contributed by atoms with E-state index < -0.39 is 0 Å². The zero-order valence-corrected chi connectivity index (χ0v) is 18.4. The van der Waals surface area contributed by atoms with E-state index in [9.17, 15) is 9.59 Å². The topological polar surface area (TPSA) is 65.3 Å². The molecule has 0 bridgehead atoms. The lowest BCUT2D eigenvalue weighted by molar-refractivity contribution is 0.482. The van der Waals surface area contributed by atoms with Crippen LogP contribution in [0.5, 0.6) is 11.5 Å². The molecule has 5 rings (SSSR count). The largest absolute Gasteiger partial charge is 0.457 e. The van der Waals surface area contributed by atoms with Gasteiger partial charge in [-0.3, -0.25) is 13.9 Å². The maximum atomic E-state index is 13.2. The molecule has 7 heteroatoms. The van der Waals surface area contributed by atoms with Crippen LogP contribution in [0.1, 0.15) is 21.9 Å². The number of anilines is 1. The summed E-state index contributed by atoms with van der Waals surface area (Å²) in [4.78, 5) is 26.8. The highest BCUT2D eigenvalue weighted by Crippen LogP contribution is 2.38. The fraction of sp³-hybridized carbons (Fsp3) is 0.120. The van der Waals surface area contributed by atoms with Gasteiger partial charge in [0.15, 0.2) is 0 Å². The molecular formula is C25H21N3O3S. The van der Waals surface area contributed by atoms with Crippen LogP contribution >= 0.6 is 11.3 Å². The van der Waals surface area contributed by atoms with E-state index in [-0.39, 0.29) is 17.2 Å². The summed E-state index contributed by atoms with van der Waals surface area (Å²) in [5, 5.41) is 5.32. The molecule has 0 amide bonds. The van der Waals surface area contributed by atoms with Crippen LogP contribution in [0.3, 0.4) is 0 Å². The number of rotatable bonds is 4. The van der Waals surface area contributed by atoms with Gasteiger partial charge in [0, 0.05) is 20.0 Å². The zero-order valence-electron chi connectivity index (χ0n) is 17.6. The minimum atomic E-state index is -0.367. The highest BCUT2D eigenvalue weighted by atomic mass is 32.1. The molecule has 160 valence electrons. The Morgan fingerprint density at radius 2 is 1.69 bits per heavy atom. The minimum absolute atomic E-state index is 0.309. The predicted octanol–water partition coefficient (Wildman–Crippen LogP) is 4.54. The highest BCUT2D eigenvalue weighted by molar-refractivity contribution is 7.11. The molecule has 3 heterocycles. The second kappa shape index (κ2) is 8.01. The Kier molecular flexibility index (Phi) is 5.03. The first-order chi connectivity index (χ1) is 15.5. The Bertz CT molecular complexity index is 1430. The highest BCUT2D eigenvalue weighted by Gasteiger charge is 2.29. The smallest absolute Gasteiger partial charge is 0.332 e. The summed E-state index contributed by atoms with van der Waals surface area (Å²) in [5.41, 5.74) is 1.64. The van der Waals surface area contributed by atoms with Crippen LogP contribution in [0.2, 0.25) is 0 Å². The van der Waals surface area contributed by atoms with Gasteiger partial charge in [0.05, 0.1) is 16.1 Å². The van der Waals surface area contributed by atoms with Crippen molar-refractivity contribution in [3.8, 4) is 11.5 Å². The van der Waals surface area contributed by atoms with Gasteiger partial charge in [-0.1, -0.05) is 36.4 Å². The molecule has 1 aliphatic rings. The molecule has 6 nitrogen and oxygen atoms in total. The standard InChI is InChI=1S/C25H21N3O3S/c1-27-23-22(24(29)28(2)25(27)30)19(15-20(26-23)21-12-7-13-32-21)16-8-6-11-18(14-16)31-17-9-4-3-5-10-17/h3-15,19,26H,1-2H3/t19-/m0/s1. The molecule has 2 aromatic heterocycles. The number of ether oxygens (including phenoxy) is 1. The third kappa shape index (κ3) is 3.46. The maximum Gasteiger partial charge on any atom is 0.332 e. The fourth-order valence-corrected chi connectivity index (χ4v) is 4.66. The third-order valence-corrected chi connectivity index (χ3v) is 6.48. The zero-order chi connectivity index (χ0) is 22.2. The number of nitrogens with one attached hydrogen (secondary N) is 1. The first-order valence-corrected chi connectivity index (χ1v) is 11.1. The first kappa shape index (κ1) is 20.1. The van der Waals surface area contributed by atoms with E-state index in [4.69, 9.17) is 4.74 Å². The molecule has 1 atom stereocenters. The van der Waals surface area contributed by atoms with Gasteiger partial charge in [-0.25, -0.2) is 4.79 Å². The Hall–Kier alpha value is -3.84. The summed E-state index contributed by atoms with van der Waals surface area (Å²) in [6.45, 7) is 0. The van der Waals surface area contributed by atoms with Gasteiger partial charge >= 0.3 is 5.69 Å². The van der Waals surface area contributed by atoms with Crippen molar-refractivity contribution in [1.82, 2.24) is 9.13 Å². The second-order valence-electron chi connectivity index (χ2n) is 7.62. The Labute approximate surface area is 188 Å². The van der Waals surface area contributed by atoms with E-state index in [1.54, 1.807) is 18.4 Å². The summed E-state index contributed by atoms with van der Waals surface area (Å²) in [5.74, 6) is 1.60. The van der Waals surface area contributed by atoms with E-state index in [0.717, 1.165) is 26.5 Å². The number of fused-ring (bicyclic) bond motifs is 1. The average Bonchev–Trinajstić information content (AvgIpc) is 3.36. The summed E-state index contributed by atoms with van der Waals surface area (Å²) < 4.78 is 8.67. The molecule has 0 saturated carbocycles. The molecule has 2 aromatic carbocycles. The number of nitrogens with zero attached hydrogens (tertiary/aromatic N) is 2. The number of para-hydroxylation sites is 1. The van der Waals surface area contributed by atoms with Crippen molar-refractivity contribution < 1.29 is 4.74 Å². The van der Waals surface area contributed by atoms with Crippen molar-refractivity contribution in [2.45, 2.75) is 5.92 Å². The normalized spacial score (nSPS) is 14.9. The molecule has 32 heavy (non-hydrogen) atoms. The van der Waals surface area contributed by atoms with Crippen molar-refractivity contribution in [1.29, 1.82) is 0 Å². The maximum absolute atomic E-state index is 13.2. The Morgan fingerprint density at radius 3 is 2.44 bits per heavy atom. The predicted molar refractivity (Wildman–Crippen MR) is 128 cm³/mol. The average molecular weight is 444 g/mol. The van der Waals surface area contributed by atoms with Gasteiger partial charge in [-0.05, 0) is 47.4 Å². The lowest BCUT2D eigenvalue weighted by Crippen LogP contribution is -2.42. The van der Waals surface area contributed by atoms with Crippen LogP contribution in [-0.2, 0) is 14.1 Å². The van der Waals surface area contributed by atoms with Gasteiger partial charge in [0.1, 0.15) is 17.3 Å². The van der Waals surface area contributed by atoms with Crippen molar-refractivity contribution in [3.63, 3.8) is 0 Å². The molecule has 0 aliphatic carbocycles. The van der Waals surface area contributed by atoms with Crippen molar-refractivity contribution in [2.75, 3.05) is 5.32 Å². The third-order valence-electron chi connectivity index (χ3n) is 5.58. The monoisotopic (exact) mass is 443 g/mol. The quantitative estimate of drug-likeness (QED) is 0.503. The molecule has 0 fully saturated rings. The van der Waals surface area contributed by atoms with E-state index >= 15 is 0 Å². The van der Waals surface area contributed by atoms with Crippen molar-refractivity contribution >= 4 is 22.9 Å². The van der Waals surface area contributed by atoms with Crippen LogP contribution in [0, 0.1) is 0 Å². The van der Waals surface area contributed by atoms with Crippen LogP contribution in [0.4, 0.5) is 5.82 Å². The second-order valence-corrected chi connectivity index (χ2v) is 8.56. The lowest BCUT2D eigenvalue weighted by Gasteiger charge is -2.27. The molecule has 1 aliphatic heterocycles.